The number of rotatable bonds is 7. The zero-order valence-electron chi connectivity index (χ0n) is 19.9. The number of hydrogen-bond acceptors (Lipinski definition) is 5. The first-order chi connectivity index (χ1) is 15.9. The Balaban J connectivity index is 1.40. The lowest BCUT2D eigenvalue weighted by molar-refractivity contribution is 0.0433. The van der Waals surface area contributed by atoms with Crippen molar-refractivity contribution in [1.82, 2.24) is 25.3 Å². The molecule has 0 radical (unpaired) electrons. The summed E-state index contributed by atoms with van der Waals surface area (Å²) in [7, 11) is 1.85. The van der Waals surface area contributed by atoms with E-state index >= 15 is 0 Å². The number of carbonyl (C=O) groups excluding carboxylic acids is 2. The molecule has 2 N–H and O–H groups in total. The van der Waals surface area contributed by atoms with Gasteiger partial charge in [-0.2, -0.15) is 5.10 Å². The summed E-state index contributed by atoms with van der Waals surface area (Å²) in [6.07, 6.45) is 9.61. The standard InChI is InChI=1S/C25H35N5O2S/c1-25(16-27-19-8-6-4-5-7-9-19)17-30-22(24(32)29(25)2)14-21(28-30)23(31)26-15-18-10-12-20(33-3)13-11-18/h10-14,19,27H,4-9,15-17H2,1-3H3,(H,26,31). The van der Waals surface area contributed by atoms with Gasteiger partial charge in [0.25, 0.3) is 11.8 Å². The maximum absolute atomic E-state index is 13.1. The minimum atomic E-state index is -0.394. The fraction of sp³-hybridized carbons (Fsp3) is 0.560. The third-order valence-electron chi connectivity index (χ3n) is 7.08. The molecule has 1 aromatic heterocycles. The average Bonchev–Trinajstić information content (AvgIpc) is 3.07. The van der Waals surface area contributed by atoms with Crippen molar-refractivity contribution in [2.24, 2.45) is 0 Å². The van der Waals surface area contributed by atoms with Gasteiger partial charge in [-0.1, -0.05) is 37.8 Å². The third-order valence-corrected chi connectivity index (χ3v) is 7.82. The van der Waals surface area contributed by atoms with Crippen LogP contribution < -0.4 is 10.6 Å². The molecular formula is C25H35N5O2S. The first-order valence-electron chi connectivity index (χ1n) is 11.9. The molecule has 178 valence electrons. The summed E-state index contributed by atoms with van der Waals surface area (Å²) in [6.45, 7) is 3.80. The molecule has 2 heterocycles. The molecule has 4 rings (SSSR count). The van der Waals surface area contributed by atoms with Gasteiger partial charge in [0.2, 0.25) is 0 Å². The number of benzene rings is 1. The van der Waals surface area contributed by atoms with Gasteiger partial charge < -0.3 is 15.5 Å². The van der Waals surface area contributed by atoms with Crippen molar-refractivity contribution in [3.8, 4) is 0 Å². The van der Waals surface area contributed by atoms with E-state index in [0.717, 1.165) is 5.56 Å². The SMILES string of the molecule is CSc1ccc(CNC(=O)c2cc3n(n2)CC(C)(CNC2CCCCCC2)N(C)C3=O)cc1. The second-order valence-corrected chi connectivity index (χ2v) is 10.4. The Morgan fingerprint density at radius 3 is 2.55 bits per heavy atom. The van der Waals surface area contributed by atoms with E-state index in [1.54, 1.807) is 22.5 Å². The van der Waals surface area contributed by atoms with E-state index in [4.69, 9.17) is 0 Å². The zero-order valence-corrected chi connectivity index (χ0v) is 20.7. The van der Waals surface area contributed by atoms with Crippen LogP contribution in [0.1, 0.15) is 72.0 Å². The van der Waals surface area contributed by atoms with Crippen LogP contribution in [0.2, 0.25) is 0 Å². The van der Waals surface area contributed by atoms with Crippen molar-refractivity contribution < 1.29 is 9.59 Å². The summed E-state index contributed by atoms with van der Waals surface area (Å²) in [6, 6.07) is 10.2. The van der Waals surface area contributed by atoms with Crippen molar-refractivity contribution in [3.05, 3.63) is 47.3 Å². The van der Waals surface area contributed by atoms with Crippen LogP contribution in [-0.2, 0) is 13.1 Å². The third kappa shape index (κ3) is 5.44. The van der Waals surface area contributed by atoms with Gasteiger partial charge in [0.15, 0.2) is 5.69 Å². The fourth-order valence-corrected chi connectivity index (χ4v) is 5.11. The molecule has 1 saturated carbocycles. The highest BCUT2D eigenvalue weighted by atomic mass is 32.2. The molecule has 1 unspecified atom stereocenters. The Bertz CT molecular complexity index is 981. The lowest BCUT2D eigenvalue weighted by atomic mass is 9.96. The van der Waals surface area contributed by atoms with Gasteiger partial charge in [-0.3, -0.25) is 14.3 Å². The van der Waals surface area contributed by atoms with Gasteiger partial charge in [-0.25, -0.2) is 0 Å². The number of likely N-dealkylation sites (N-methyl/N-ethyl adjacent to an activating group) is 1. The second-order valence-electron chi connectivity index (χ2n) is 9.53. The van der Waals surface area contributed by atoms with Crippen molar-refractivity contribution in [3.63, 3.8) is 0 Å². The maximum Gasteiger partial charge on any atom is 0.272 e. The molecule has 1 aliphatic carbocycles. The molecule has 1 aliphatic heterocycles. The summed E-state index contributed by atoms with van der Waals surface area (Å²) in [5, 5.41) is 11.1. The highest BCUT2D eigenvalue weighted by molar-refractivity contribution is 7.98. The first kappa shape index (κ1) is 23.8. The minimum absolute atomic E-state index is 0.0920. The number of aromatic nitrogens is 2. The molecule has 2 aromatic rings. The van der Waals surface area contributed by atoms with Gasteiger partial charge >= 0.3 is 0 Å². The van der Waals surface area contributed by atoms with E-state index < -0.39 is 5.54 Å². The highest BCUT2D eigenvalue weighted by Crippen LogP contribution is 2.26. The largest absolute Gasteiger partial charge is 0.347 e. The normalized spacial score (nSPS) is 21.5. The van der Waals surface area contributed by atoms with E-state index in [1.807, 2.05) is 42.5 Å². The molecule has 1 atom stereocenters. The Kier molecular flexibility index (Phi) is 7.44. The van der Waals surface area contributed by atoms with E-state index in [9.17, 15) is 9.59 Å². The Hall–Kier alpha value is -2.32. The monoisotopic (exact) mass is 469 g/mol. The average molecular weight is 470 g/mol. The molecule has 8 heteroatoms. The predicted octanol–water partition coefficient (Wildman–Crippen LogP) is 3.69. The van der Waals surface area contributed by atoms with E-state index in [-0.39, 0.29) is 17.5 Å². The lowest BCUT2D eigenvalue weighted by Gasteiger charge is -2.43. The molecule has 0 spiro atoms. The molecular weight excluding hydrogens is 434 g/mol. The van der Waals surface area contributed by atoms with Crippen LogP contribution in [0.15, 0.2) is 35.2 Å². The van der Waals surface area contributed by atoms with Crippen LogP contribution in [0.5, 0.6) is 0 Å². The van der Waals surface area contributed by atoms with E-state index in [2.05, 4.69) is 22.7 Å². The van der Waals surface area contributed by atoms with Gasteiger partial charge in [-0.15, -0.1) is 11.8 Å². The van der Waals surface area contributed by atoms with Crippen LogP contribution in [0.3, 0.4) is 0 Å². The molecule has 2 aliphatic rings. The quantitative estimate of drug-likeness (QED) is 0.478. The second kappa shape index (κ2) is 10.3. The van der Waals surface area contributed by atoms with Crippen molar-refractivity contribution in [1.29, 1.82) is 0 Å². The highest BCUT2D eigenvalue weighted by Gasteiger charge is 2.41. The van der Waals surface area contributed by atoms with Crippen LogP contribution in [0, 0.1) is 0 Å². The summed E-state index contributed by atoms with van der Waals surface area (Å²) >= 11 is 1.69. The van der Waals surface area contributed by atoms with Crippen LogP contribution in [-0.4, -0.2) is 57.9 Å². The van der Waals surface area contributed by atoms with E-state index in [0.29, 0.717) is 31.4 Å². The van der Waals surface area contributed by atoms with Crippen LogP contribution >= 0.6 is 11.8 Å². The topological polar surface area (TPSA) is 79.3 Å². The van der Waals surface area contributed by atoms with Gasteiger partial charge in [0.1, 0.15) is 5.69 Å². The lowest BCUT2D eigenvalue weighted by Crippen LogP contribution is -2.60. The zero-order chi connectivity index (χ0) is 23.4. The predicted molar refractivity (Wildman–Crippen MR) is 132 cm³/mol. The molecule has 1 aromatic carbocycles. The summed E-state index contributed by atoms with van der Waals surface area (Å²) in [5.41, 5.74) is 1.39. The smallest absolute Gasteiger partial charge is 0.272 e. The maximum atomic E-state index is 13.1. The Morgan fingerprint density at radius 2 is 1.88 bits per heavy atom. The molecule has 33 heavy (non-hydrogen) atoms. The van der Waals surface area contributed by atoms with Crippen molar-refractivity contribution in [2.45, 2.75) is 75.0 Å². The van der Waals surface area contributed by atoms with E-state index in [1.165, 1.54) is 43.4 Å². The van der Waals surface area contributed by atoms with Gasteiger partial charge in [0, 0.05) is 37.1 Å². The molecule has 2 amide bonds. The minimum Gasteiger partial charge on any atom is -0.347 e. The van der Waals surface area contributed by atoms with Crippen molar-refractivity contribution >= 4 is 23.6 Å². The van der Waals surface area contributed by atoms with Gasteiger partial charge in [0.05, 0.1) is 12.1 Å². The van der Waals surface area contributed by atoms with Crippen molar-refractivity contribution in [2.75, 3.05) is 19.8 Å². The Labute approximate surface area is 200 Å². The molecule has 1 fully saturated rings. The fourth-order valence-electron chi connectivity index (χ4n) is 4.70. The number of nitrogens with zero attached hydrogens (tertiary/aromatic N) is 3. The number of amides is 2. The van der Waals surface area contributed by atoms with Gasteiger partial charge in [-0.05, 0) is 43.7 Å². The summed E-state index contributed by atoms with van der Waals surface area (Å²) in [4.78, 5) is 28.9. The summed E-state index contributed by atoms with van der Waals surface area (Å²) < 4.78 is 1.71. The molecule has 7 nitrogen and oxygen atoms in total. The number of fused-ring (bicyclic) bond motifs is 1. The molecule has 0 bridgehead atoms. The number of hydrogen-bond donors (Lipinski definition) is 2. The van der Waals surface area contributed by atoms with Crippen LogP contribution in [0.25, 0.3) is 0 Å². The number of nitrogens with one attached hydrogen (secondary N) is 2. The number of carbonyl (C=O) groups is 2. The summed E-state index contributed by atoms with van der Waals surface area (Å²) in [5.74, 6) is -0.356. The number of thioether (sulfide) groups is 1. The molecule has 0 saturated heterocycles. The first-order valence-corrected chi connectivity index (χ1v) is 13.1. The van der Waals surface area contributed by atoms with Crippen LogP contribution in [0.4, 0.5) is 0 Å². The Morgan fingerprint density at radius 1 is 1.18 bits per heavy atom.